The number of aliphatic carboxylic acids is 1. The summed E-state index contributed by atoms with van der Waals surface area (Å²) in [4.78, 5) is 11.2. The van der Waals surface area contributed by atoms with E-state index in [0.29, 0.717) is 0 Å². The number of thioether (sulfide) groups is 1. The van der Waals surface area contributed by atoms with Crippen molar-refractivity contribution in [3.05, 3.63) is 24.3 Å². The van der Waals surface area contributed by atoms with E-state index in [1.807, 2.05) is 24.3 Å². The lowest BCUT2D eigenvalue weighted by atomic mass is 10.3. The molecule has 70 valence electrons. The van der Waals surface area contributed by atoms with Gasteiger partial charge < -0.3 is 9.84 Å². The Bertz CT molecular complexity index is 299. The first-order valence-electron chi connectivity index (χ1n) is 3.71. The van der Waals surface area contributed by atoms with E-state index in [1.165, 1.54) is 11.8 Å². The third kappa shape index (κ3) is 3.38. The zero-order valence-electron chi connectivity index (χ0n) is 7.19. The molecule has 0 bridgehead atoms. The minimum Gasteiger partial charge on any atom is -0.497 e. The van der Waals surface area contributed by atoms with Gasteiger partial charge in [-0.1, -0.05) is 6.07 Å². The monoisotopic (exact) mass is 198 g/mol. The topological polar surface area (TPSA) is 46.5 Å². The van der Waals surface area contributed by atoms with Crippen molar-refractivity contribution in [1.29, 1.82) is 0 Å². The van der Waals surface area contributed by atoms with Gasteiger partial charge in [-0.25, -0.2) is 0 Å². The van der Waals surface area contributed by atoms with E-state index in [9.17, 15) is 4.79 Å². The van der Waals surface area contributed by atoms with Crippen LogP contribution in [0.4, 0.5) is 0 Å². The number of ether oxygens (including phenoxy) is 1. The number of methoxy groups -OCH3 is 1. The Hall–Kier alpha value is -1.16. The molecule has 0 spiro atoms. The average Bonchev–Trinajstić information content (AvgIpc) is 2.15. The molecule has 0 amide bonds. The zero-order chi connectivity index (χ0) is 9.68. The lowest BCUT2D eigenvalue weighted by Gasteiger charge is -2.01. The van der Waals surface area contributed by atoms with Gasteiger partial charge in [0.1, 0.15) is 5.75 Å². The van der Waals surface area contributed by atoms with E-state index in [4.69, 9.17) is 9.84 Å². The molecular formula is C9H10O3S. The number of carboxylic acids is 1. The highest BCUT2D eigenvalue weighted by atomic mass is 32.2. The van der Waals surface area contributed by atoms with E-state index < -0.39 is 5.97 Å². The maximum Gasteiger partial charge on any atom is 0.313 e. The summed E-state index contributed by atoms with van der Waals surface area (Å²) in [5, 5.41) is 8.45. The maximum atomic E-state index is 10.3. The molecule has 3 nitrogen and oxygen atoms in total. The van der Waals surface area contributed by atoms with Crippen LogP contribution in [-0.4, -0.2) is 23.9 Å². The van der Waals surface area contributed by atoms with Crippen molar-refractivity contribution in [2.75, 3.05) is 12.9 Å². The van der Waals surface area contributed by atoms with Crippen LogP contribution < -0.4 is 4.74 Å². The Morgan fingerprint density at radius 3 is 3.00 bits per heavy atom. The van der Waals surface area contributed by atoms with Crippen LogP contribution in [0.25, 0.3) is 0 Å². The van der Waals surface area contributed by atoms with E-state index >= 15 is 0 Å². The number of carbonyl (C=O) groups is 1. The largest absolute Gasteiger partial charge is 0.497 e. The van der Waals surface area contributed by atoms with Crippen LogP contribution in [0.2, 0.25) is 0 Å². The molecule has 0 unspecified atom stereocenters. The van der Waals surface area contributed by atoms with Gasteiger partial charge >= 0.3 is 5.97 Å². The lowest BCUT2D eigenvalue weighted by Crippen LogP contribution is -1.97. The highest BCUT2D eigenvalue weighted by molar-refractivity contribution is 8.00. The van der Waals surface area contributed by atoms with Gasteiger partial charge in [-0.2, -0.15) is 0 Å². The Kier molecular flexibility index (Phi) is 3.64. The number of rotatable bonds is 4. The van der Waals surface area contributed by atoms with Crippen LogP contribution in [-0.2, 0) is 4.79 Å². The smallest absolute Gasteiger partial charge is 0.313 e. The Morgan fingerprint density at radius 2 is 2.38 bits per heavy atom. The molecule has 0 aliphatic carbocycles. The fraction of sp³-hybridized carbons (Fsp3) is 0.222. The van der Waals surface area contributed by atoms with Gasteiger partial charge in [-0.15, -0.1) is 11.8 Å². The normalized spacial score (nSPS) is 9.62. The van der Waals surface area contributed by atoms with Crippen molar-refractivity contribution in [2.24, 2.45) is 0 Å². The molecule has 0 heterocycles. The van der Waals surface area contributed by atoms with Gasteiger partial charge in [0, 0.05) is 4.90 Å². The van der Waals surface area contributed by atoms with Crippen molar-refractivity contribution in [1.82, 2.24) is 0 Å². The molecule has 0 fully saturated rings. The van der Waals surface area contributed by atoms with Crippen LogP contribution in [0.1, 0.15) is 0 Å². The summed E-state index contributed by atoms with van der Waals surface area (Å²) in [5.41, 5.74) is 0. The molecule has 0 saturated heterocycles. The van der Waals surface area contributed by atoms with Gasteiger partial charge in [0.2, 0.25) is 0 Å². The molecule has 1 rings (SSSR count). The Balaban J connectivity index is 2.61. The molecule has 0 radical (unpaired) electrons. The Morgan fingerprint density at radius 1 is 1.62 bits per heavy atom. The first kappa shape index (κ1) is 9.92. The van der Waals surface area contributed by atoms with Gasteiger partial charge in [0.05, 0.1) is 12.9 Å². The van der Waals surface area contributed by atoms with Crippen molar-refractivity contribution in [3.63, 3.8) is 0 Å². The van der Waals surface area contributed by atoms with Crippen molar-refractivity contribution < 1.29 is 14.6 Å². The van der Waals surface area contributed by atoms with E-state index in [-0.39, 0.29) is 5.75 Å². The molecule has 13 heavy (non-hydrogen) atoms. The average molecular weight is 198 g/mol. The van der Waals surface area contributed by atoms with E-state index in [2.05, 4.69) is 0 Å². The van der Waals surface area contributed by atoms with Gasteiger partial charge in [-0.3, -0.25) is 4.79 Å². The summed E-state index contributed by atoms with van der Waals surface area (Å²) in [6, 6.07) is 7.33. The van der Waals surface area contributed by atoms with Crippen molar-refractivity contribution >= 4 is 17.7 Å². The Labute approximate surface area is 80.7 Å². The molecule has 0 saturated carbocycles. The fourth-order valence-electron chi connectivity index (χ4n) is 0.836. The van der Waals surface area contributed by atoms with Crippen molar-refractivity contribution in [2.45, 2.75) is 4.90 Å². The van der Waals surface area contributed by atoms with Crippen LogP contribution in [0.5, 0.6) is 5.75 Å². The van der Waals surface area contributed by atoms with Crippen LogP contribution in [0.15, 0.2) is 29.2 Å². The molecular weight excluding hydrogens is 188 g/mol. The third-order valence-corrected chi connectivity index (χ3v) is 2.38. The summed E-state index contributed by atoms with van der Waals surface area (Å²) in [7, 11) is 1.58. The van der Waals surface area contributed by atoms with Gasteiger partial charge in [0.15, 0.2) is 0 Å². The van der Waals surface area contributed by atoms with Crippen LogP contribution >= 0.6 is 11.8 Å². The summed E-state index contributed by atoms with van der Waals surface area (Å²) in [6.45, 7) is 0. The standard InChI is InChI=1S/C9H10O3S/c1-12-7-3-2-4-8(5-7)13-6-9(10)11/h2-5H,6H2,1H3,(H,10,11). The second kappa shape index (κ2) is 4.77. The zero-order valence-corrected chi connectivity index (χ0v) is 8.00. The first-order valence-corrected chi connectivity index (χ1v) is 4.69. The minimum atomic E-state index is -0.812. The molecule has 1 aromatic carbocycles. The summed E-state index contributed by atoms with van der Waals surface area (Å²) < 4.78 is 5.00. The molecule has 0 atom stereocenters. The molecule has 4 heteroatoms. The molecule has 1 N–H and O–H groups in total. The molecule has 0 aromatic heterocycles. The van der Waals surface area contributed by atoms with Gasteiger partial charge in [0.25, 0.3) is 0 Å². The van der Waals surface area contributed by atoms with Crippen LogP contribution in [0.3, 0.4) is 0 Å². The highest BCUT2D eigenvalue weighted by Crippen LogP contribution is 2.22. The number of carboxylic acid groups (broad SMARTS) is 1. The number of hydrogen-bond acceptors (Lipinski definition) is 3. The maximum absolute atomic E-state index is 10.3. The van der Waals surface area contributed by atoms with Gasteiger partial charge in [-0.05, 0) is 18.2 Å². The number of benzene rings is 1. The summed E-state index contributed by atoms with van der Waals surface area (Å²) in [6.07, 6.45) is 0. The fourth-order valence-corrected chi connectivity index (χ4v) is 1.50. The minimum absolute atomic E-state index is 0.0766. The second-order valence-corrected chi connectivity index (χ2v) is 3.41. The molecule has 1 aromatic rings. The van der Waals surface area contributed by atoms with Crippen LogP contribution in [0, 0.1) is 0 Å². The lowest BCUT2D eigenvalue weighted by molar-refractivity contribution is -0.133. The quantitative estimate of drug-likeness (QED) is 0.750. The summed E-state index contributed by atoms with van der Waals surface area (Å²) >= 11 is 1.28. The SMILES string of the molecule is COc1cccc(SCC(=O)O)c1. The third-order valence-electron chi connectivity index (χ3n) is 1.40. The van der Waals surface area contributed by atoms with E-state index in [0.717, 1.165) is 10.6 Å². The predicted molar refractivity (Wildman–Crippen MR) is 51.4 cm³/mol. The molecule has 0 aliphatic rings. The highest BCUT2D eigenvalue weighted by Gasteiger charge is 2.00. The summed E-state index contributed by atoms with van der Waals surface area (Å²) in [5.74, 6) is 0.0101. The van der Waals surface area contributed by atoms with Crippen molar-refractivity contribution in [3.8, 4) is 5.75 Å². The number of hydrogen-bond donors (Lipinski definition) is 1. The molecule has 0 aliphatic heterocycles. The predicted octanol–water partition coefficient (Wildman–Crippen LogP) is 1.87. The van der Waals surface area contributed by atoms with E-state index in [1.54, 1.807) is 7.11 Å². The first-order chi connectivity index (χ1) is 6.22. The second-order valence-electron chi connectivity index (χ2n) is 2.36.